The molecule has 0 bridgehead atoms. The first kappa shape index (κ1) is 14.8. The zero-order valence-corrected chi connectivity index (χ0v) is 12.2. The van der Waals surface area contributed by atoms with Crippen molar-refractivity contribution in [3.05, 3.63) is 34.6 Å². The van der Waals surface area contributed by atoms with Crippen LogP contribution >= 0.6 is 11.6 Å². The van der Waals surface area contributed by atoms with E-state index in [4.69, 9.17) is 17.3 Å². The van der Waals surface area contributed by atoms with Crippen LogP contribution < -0.4 is 5.73 Å². The second-order valence-corrected chi connectivity index (χ2v) is 5.77. The summed E-state index contributed by atoms with van der Waals surface area (Å²) in [7, 11) is 0. The third kappa shape index (κ3) is 3.68. The molecule has 1 aliphatic carbocycles. The third-order valence-electron chi connectivity index (χ3n) is 4.10. The average molecular weight is 285 g/mol. The number of rotatable bonds is 5. The van der Waals surface area contributed by atoms with E-state index in [2.05, 4.69) is 11.8 Å². The van der Waals surface area contributed by atoms with E-state index in [1.165, 1.54) is 25.3 Å². The predicted molar refractivity (Wildman–Crippen MR) is 77.7 cm³/mol. The van der Waals surface area contributed by atoms with Crippen molar-refractivity contribution in [3.8, 4) is 0 Å². The normalized spacial score (nSPS) is 23.2. The summed E-state index contributed by atoms with van der Waals surface area (Å²) < 4.78 is 13.4. The van der Waals surface area contributed by atoms with E-state index in [1.54, 1.807) is 6.07 Å². The van der Waals surface area contributed by atoms with Crippen LogP contribution in [-0.4, -0.2) is 24.0 Å². The lowest BCUT2D eigenvalue weighted by atomic mass is 10.0. The van der Waals surface area contributed by atoms with Gasteiger partial charge < -0.3 is 5.73 Å². The zero-order chi connectivity index (χ0) is 13.8. The summed E-state index contributed by atoms with van der Waals surface area (Å²) in [6.07, 6.45) is 3.65. The van der Waals surface area contributed by atoms with E-state index in [1.807, 2.05) is 6.07 Å². The Morgan fingerprint density at radius 1 is 1.37 bits per heavy atom. The molecule has 2 rings (SSSR count). The molecule has 2 unspecified atom stereocenters. The molecule has 1 saturated carbocycles. The highest BCUT2D eigenvalue weighted by atomic mass is 35.5. The fourth-order valence-corrected chi connectivity index (χ4v) is 3.42. The summed E-state index contributed by atoms with van der Waals surface area (Å²) in [5.41, 5.74) is 6.79. The molecule has 0 amide bonds. The van der Waals surface area contributed by atoms with Gasteiger partial charge in [-0.05, 0) is 55.6 Å². The highest BCUT2D eigenvalue weighted by molar-refractivity contribution is 6.30. The molecule has 2 nitrogen and oxygen atoms in total. The quantitative estimate of drug-likeness (QED) is 0.898. The number of nitrogens with two attached hydrogens (primary N) is 1. The van der Waals surface area contributed by atoms with Gasteiger partial charge in [0.2, 0.25) is 0 Å². The van der Waals surface area contributed by atoms with Crippen LogP contribution in [0.2, 0.25) is 5.02 Å². The van der Waals surface area contributed by atoms with Crippen LogP contribution in [0.1, 0.15) is 31.7 Å². The van der Waals surface area contributed by atoms with Gasteiger partial charge in [-0.3, -0.25) is 4.90 Å². The second kappa shape index (κ2) is 6.69. The van der Waals surface area contributed by atoms with Gasteiger partial charge >= 0.3 is 0 Å². The maximum absolute atomic E-state index is 13.4. The van der Waals surface area contributed by atoms with Gasteiger partial charge in [0.05, 0.1) is 0 Å². The summed E-state index contributed by atoms with van der Waals surface area (Å²) in [6, 6.07) is 5.29. The first-order valence-corrected chi connectivity index (χ1v) is 7.41. The largest absolute Gasteiger partial charge is 0.330 e. The molecule has 4 heteroatoms. The monoisotopic (exact) mass is 284 g/mol. The van der Waals surface area contributed by atoms with Crippen LogP contribution in [0.4, 0.5) is 4.39 Å². The molecular weight excluding hydrogens is 263 g/mol. The van der Waals surface area contributed by atoms with Gasteiger partial charge in [-0.1, -0.05) is 24.9 Å². The SMILES string of the molecule is CCN(Cc1cc(F)cc(Cl)c1)C1CCCC1CN. The molecule has 106 valence electrons. The van der Waals surface area contributed by atoms with Crippen molar-refractivity contribution in [3.63, 3.8) is 0 Å². The molecule has 0 aromatic heterocycles. The Hall–Kier alpha value is -0.640. The summed E-state index contributed by atoms with van der Waals surface area (Å²) in [5, 5.41) is 0.466. The number of hydrogen-bond acceptors (Lipinski definition) is 2. The van der Waals surface area contributed by atoms with Crippen molar-refractivity contribution < 1.29 is 4.39 Å². The van der Waals surface area contributed by atoms with Gasteiger partial charge in [0.25, 0.3) is 0 Å². The lowest BCUT2D eigenvalue weighted by molar-refractivity contribution is 0.162. The molecule has 0 saturated heterocycles. The lowest BCUT2D eigenvalue weighted by Gasteiger charge is -2.31. The van der Waals surface area contributed by atoms with Crippen LogP contribution in [0.25, 0.3) is 0 Å². The standard InChI is InChI=1S/C15H22ClFN2/c1-2-19(15-5-3-4-12(15)9-18)10-11-6-13(16)8-14(17)7-11/h6-8,12,15H,2-5,9-10,18H2,1H3. The van der Waals surface area contributed by atoms with Crippen molar-refractivity contribution in [2.45, 2.75) is 38.8 Å². The molecule has 2 N–H and O–H groups in total. The molecule has 2 atom stereocenters. The van der Waals surface area contributed by atoms with Crippen molar-refractivity contribution in [2.75, 3.05) is 13.1 Å². The maximum Gasteiger partial charge on any atom is 0.125 e. The first-order valence-electron chi connectivity index (χ1n) is 7.03. The summed E-state index contributed by atoms with van der Waals surface area (Å²) in [4.78, 5) is 2.40. The second-order valence-electron chi connectivity index (χ2n) is 5.33. The minimum absolute atomic E-state index is 0.264. The molecule has 0 spiro atoms. The van der Waals surface area contributed by atoms with Crippen molar-refractivity contribution in [1.82, 2.24) is 4.90 Å². The Labute approximate surface area is 119 Å². The van der Waals surface area contributed by atoms with Gasteiger partial charge in [0.15, 0.2) is 0 Å². The smallest absolute Gasteiger partial charge is 0.125 e. The van der Waals surface area contributed by atoms with Gasteiger partial charge in [-0.2, -0.15) is 0 Å². The topological polar surface area (TPSA) is 29.3 Å². The zero-order valence-electron chi connectivity index (χ0n) is 11.4. The number of nitrogens with zero attached hydrogens (tertiary/aromatic N) is 1. The fraction of sp³-hybridized carbons (Fsp3) is 0.600. The molecule has 1 aromatic rings. The average Bonchev–Trinajstić information content (AvgIpc) is 2.82. The molecule has 1 fully saturated rings. The molecule has 0 aliphatic heterocycles. The fourth-order valence-electron chi connectivity index (χ4n) is 3.17. The molecular formula is C15H22ClFN2. The van der Waals surface area contributed by atoms with Gasteiger partial charge in [0.1, 0.15) is 5.82 Å². The first-order chi connectivity index (χ1) is 9.13. The van der Waals surface area contributed by atoms with E-state index in [9.17, 15) is 4.39 Å². The van der Waals surface area contributed by atoms with E-state index < -0.39 is 0 Å². The number of halogens is 2. The number of benzene rings is 1. The summed E-state index contributed by atoms with van der Waals surface area (Å²) in [5.74, 6) is 0.310. The van der Waals surface area contributed by atoms with Crippen molar-refractivity contribution in [2.24, 2.45) is 11.7 Å². The summed E-state index contributed by atoms with van der Waals surface area (Å²) in [6.45, 7) is 4.59. The maximum atomic E-state index is 13.4. The van der Waals surface area contributed by atoms with Crippen molar-refractivity contribution >= 4 is 11.6 Å². The van der Waals surface area contributed by atoms with Crippen LogP contribution in [0.3, 0.4) is 0 Å². The summed E-state index contributed by atoms with van der Waals surface area (Å²) >= 11 is 5.91. The molecule has 19 heavy (non-hydrogen) atoms. The van der Waals surface area contributed by atoms with Crippen LogP contribution in [0, 0.1) is 11.7 Å². The molecule has 1 aliphatic rings. The van der Waals surface area contributed by atoms with E-state index in [-0.39, 0.29) is 5.82 Å². The highest BCUT2D eigenvalue weighted by Crippen LogP contribution is 2.30. The Balaban J connectivity index is 2.10. The Morgan fingerprint density at radius 2 is 2.16 bits per heavy atom. The lowest BCUT2D eigenvalue weighted by Crippen LogP contribution is -2.39. The predicted octanol–water partition coefficient (Wildman–Crippen LogP) is 3.43. The highest BCUT2D eigenvalue weighted by Gasteiger charge is 2.30. The third-order valence-corrected chi connectivity index (χ3v) is 4.32. The number of hydrogen-bond donors (Lipinski definition) is 1. The Kier molecular flexibility index (Phi) is 5.20. The Bertz CT molecular complexity index is 404. The molecule has 1 aromatic carbocycles. The minimum Gasteiger partial charge on any atom is -0.330 e. The minimum atomic E-state index is -0.264. The Morgan fingerprint density at radius 3 is 2.79 bits per heavy atom. The van der Waals surface area contributed by atoms with Crippen LogP contribution in [0.15, 0.2) is 18.2 Å². The van der Waals surface area contributed by atoms with Gasteiger partial charge in [-0.25, -0.2) is 4.39 Å². The van der Waals surface area contributed by atoms with Gasteiger partial charge in [-0.15, -0.1) is 0 Å². The van der Waals surface area contributed by atoms with E-state index in [0.29, 0.717) is 17.0 Å². The van der Waals surface area contributed by atoms with Crippen LogP contribution in [-0.2, 0) is 6.54 Å². The van der Waals surface area contributed by atoms with E-state index in [0.717, 1.165) is 25.2 Å². The van der Waals surface area contributed by atoms with Crippen molar-refractivity contribution in [1.29, 1.82) is 0 Å². The van der Waals surface area contributed by atoms with Crippen LogP contribution in [0.5, 0.6) is 0 Å². The van der Waals surface area contributed by atoms with Gasteiger partial charge in [0, 0.05) is 17.6 Å². The molecule has 0 heterocycles. The van der Waals surface area contributed by atoms with E-state index >= 15 is 0 Å². The molecule has 0 radical (unpaired) electrons.